The summed E-state index contributed by atoms with van der Waals surface area (Å²) < 4.78 is 6.47. The van der Waals surface area contributed by atoms with Crippen LogP contribution in [0.3, 0.4) is 0 Å². The molecule has 1 fully saturated rings. The van der Waals surface area contributed by atoms with Gasteiger partial charge in [-0.1, -0.05) is 0 Å². The number of carbonyl (C=O) groups excluding carboxylic acids is 2. The first-order chi connectivity index (χ1) is 9.60. The van der Waals surface area contributed by atoms with Crippen LogP contribution in [0.1, 0.15) is 6.42 Å². The Bertz CT molecular complexity index is 692. The minimum Gasteiger partial charge on any atom is -0.469 e. The fraction of sp³-hybridized carbons (Fsp3) is 0.357. The lowest BCUT2D eigenvalue weighted by Gasteiger charge is -2.16. The van der Waals surface area contributed by atoms with Crippen LogP contribution < -0.4 is 4.90 Å². The molecule has 1 unspecified atom stereocenters. The number of anilines is 1. The molecule has 0 saturated carbocycles. The maximum absolute atomic E-state index is 12.1. The zero-order chi connectivity index (χ0) is 14.3. The van der Waals surface area contributed by atoms with Crippen molar-refractivity contribution in [1.82, 2.24) is 9.78 Å². The van der Waals surface area contributed by atoms with Gasteiger partial charge in [-0.2, -0.15) is 5.10 Å². The molecule has 3 rings (SSSR count). The van der Waals surface area contributed by atoms with Crippen molar-refractivity contribution < 1.29 is 14.3 Å². The van der Waals surface area contributed by atoms with Gasteiger partial charge in [0.15, 0.2) is 0 Å². The predicted molar refractivity (Wildman–Crippen MR) is 73.2 cm³/mol. The number of benzene rings is 1. The maximum atomic E-state index is 12.1. The second-order valence-corrected chi connectivity index (χ2v) is 4.94. The molecule has 20 heavy (non-hydrogen) atoms. The minimum absolute atomic E-state index is 0.0538. The minimum atomic E-state index is -0.380. The van der Waals surface area contributed by atoms with Crippen LogP contribution in [-0.2, 0) is 21.4 Å². The number of nitrogens with zero attached hydrogens (tertiary/aromatic N) is 3. The van der Waals surface area contributed by atoms with Gasteiger partial charge in [0.25, 0.3) is 0 Å². The summed E-state index contributed by atoms with van der Waals surface area (Å²) in [6.45, 7) is 0.370. The first-order valence-corrected chi connectivity index (χ1v) is 6.40. The molecule has 1 aromatic heterocycles. The van der Waals surface area contributed by atoms with Gasteiger partial charge in [0.1, 0.15) is 0 Å². The second-order valence-electron chi connectivity index (χ2n) is 4.94. The molecule has 1 atom stereocenters. The number of aromatic nitrogens is 2. The average molecular weight is 273 g/mol. The summed E-state index contributed by atoms with van der Waals surface area (Å²) in [5.74, 6) is -0.765. The second kappa shape index (κ2) is 4.63. The van der Waals surface area contributed by atoms with Gasteiger partial charge in [0.2, 0.25) is 5.91 Å². The first-order valence-electron chi connectivity index (χ1n) is 6.40. The van der Waals surface area contributed by atoms with Crippen molar-refractivity contribution in [1.29, 1.82) is 0 Å². The summed E-state index contributed by atoms with van der Waals surface area (Å²) in [4.78, 5) is 25.2. The third-order valence-corrected chi connectivity index (χ3v) is 3.70. The first kappa shape index (κ1) is 12.7. The molecule has 6 heteroatoms. The number of esters is 1. The lowest BCUT2D eigenvalue weighted by Crippen LogP contribution is -2.26. The molecule has 1 aromatic carbocycles. The van der Waals surface area contributed by atoms with Crippen LogP contribution in [0.25, 0.3) is 10.9 Å². The molecule has 6 nitrogen and oxygen atoms in total. The standard InChI is InChI=1S/C14H15N3O3/c1-16-12-6-11(4-3-9(12)7-15-16)17-8-10(5-13(17)18)14(19)20-2/h3-4,6-7,10H,5,8H2,1-2H3. The van der Waals surface area contributed by atoms with Gasteiger partial charge in [0, 0.05) is 31.1 Å². The lowest BCUT2D eigenvalue weighted by atomic mass is 10.1. The smallest absolute Gasteiger partial charge is 0.311 e. The molecule has 0 spiro atoms. The number of aryl methyl sites for hydroxylation is 1. The van der Waals surface area contributed by atoms with Crippen LogP contribution in [0.4, 0.5) is 5.69 Å². The van der Waals surface area contributed by atoms with Gasteiger partial charge in [-0.3, -0.25) is 14.3 Å². The molecule has 1 amide bonds. The number of hydrogen-bond acceptors (Lipinski definition) is 4. The molecule has 0 bridgehead atoms. The molecule has 0 N–H and O–H groups in total. The monoisotopic (exact) mass is 273 g/mol. The molecular weight excluding hydrogens is 258 g/mol. The fourth-order valence-corrected chi connectivity index (χ4v) is 2.58. The van der Waals surface area contributed by atoms with Crippen LogP contribution in [0, 0.1) is 5.92 Å². The number of rotatable bonds is 2. The Kier molecular flexibility index (Phi) is 2.93. The Hall–Kier alpha value is -2.37. The van der Waals surface area contributed by atoms with E-state index in [1.54, 1.807) is 15.8 Å². The summed E-state index contributed by atoms with van der Waals surface area (Å²) >= 11 is 0. The van der Waals surface area contributed by atoms with Gasteiger partial charge < -0.3 is 9.64 Å². The maximum Gasteiger partial charge on any atom is 0.311 e. The number of hydrogen-bond donors (Lipinski definition) is 0. The Morgan fingerprint density at radius 2 is 2.25 bits per heavy atom. The third-order valence-electron chi connectivity index (χ3n) is 3.70. The molecule has 2 aromatic rings. The highest BCUT2D eigenvalue weighted by atomic mass is 16.5. The Labute approximate surface area is 115 Å². The van der Waals surface area contributed by atoms with Crippen molar-refractivity contribution in [2.75, 3.05) is 18.6 Å². The zero-order valence-corrected chi connectivity index (χ0v) is 11.4. The van der Waals surface area contributed by atoms with E-state index in [2.05, 4.69) is 5.10 Å². The molecule has 1 saturated heterocycles. The summed E-state index contributed by atoms with van der Waals surface area (Å²) in [6, 6.07) is 5.72. The Morgan fingerprint density at radius 1 is 1.45 bits per heavy atom. The highest BCUT2D eigenvalue weighted by Crippen LogP contribution is 2.28. The number of fused-ring (bicyclic) bond motifs is 1. The van der Waals surface area contributed by atoms with Crippen LogP contribution in [0.15, 0.2) is 24.4 Å². The molecule has 2 heterocycles. The van der Waals surface area contributed by atoms with Crippen molar-refractivity contribution in [2.45, 2.75) is 6.42 Å². The van der Waals surface area contributed by atoms with Gasteiger partial charge in [0.05, 0.1) is 24.7 Å². The molecular formula is C14H15N3O3. The molecule has 1 aliphatic heterocycles. The van der Waals surface area contributed by atoms with Crippen LogP contribution in [-0.4, -0.2) is 35.3 Å². The summed E-state index contributed by atoms with van der Waals surface area (Å²) in [5.41, 5.74) is 1.74. The van der Waals surface area contributed by atoms with Crippen molar-refractivity contribution in [3.63, 3.8) is 0 Å². The summed E-state index contributed by atoms with van der Waals surface area (Å²) in [7, 11) is 3.20. The van der Waals surface area contributed by atoms with E-state index in [0.29, 0.717) is 6.54 Å². The van der Waals surface area contributed by atoms with Gasteiger partial charge >= 0.3 is 5.97 Å². The largest absolute Gasteiger partial charge is 0.469 e. The lowest BCUT2D eigenvalue weighted by molar-refractivity contribution is -0.145. The predicted octanol–water partition coefficient (Wildman–Crippen LogP) is 1.10. The number of ether oxygens (including phenoxy) is 1. The van der Waals surface area contributed by atoms with E-state index in [0.717, 1.165) is 16.6 Å². The van der Waals surface area contributed by atoms with E-state index in [-0.39, 0.29) is 24.2 Å². The van der Waals surface area contributed by atoms with E-state index < -0.39 is 0 Å². The van der Waals surface area contributed by atoms with Gasteiger partial charge in [-0.05, 0) is 18.2 Å². The molecule has 0 radical (unpaired) electrons. The number of amides is 1. The molecule has 104 valence electrons. The zero-order valence-electron chi connectivity index (χ0n) is 11.4. The highest BCUT2D eigenvalue weighted by Gasteiger charge is 2.35. The average Bonchev–Trinajstić information content (AvgIpc) is 3.02. The van der Waals surface area contributed by atoms with E-state index in [9.17, 15) is 9.59 Å². The molecule has 1 aliphatic rings. The number of carbonyl (C=O) groups is 2. The molecule has 0 aliphatic carbocycles. The van der Waals surface area contributed by atoms with Crippen molar-refractivity contribution in [3.05, 3.63) is 24.4 Å². The quantitative estimate of drug-likeness (QED) is 0.769. The highest BCUT2D eigenvalue weighted by molar-refractivity contribution is 6.00. The van der Waals surface area contributed by atoms with Crippen molar-refractivity contribution in [2.24, 2.45) is 13.0 Å². The fourth-order valence-electron chi connectivity index (χ4n) is 2.58. The SMILES string of the molecule is COC(=O)C1CC(=O)N(c2ccc3cnn(C)c3c2)C1. The number of methoxy groups -OCH3 is 1. The topological polar surface area (TPSA) is 64.4 Å². The normalized spacial score (nSPS) is 18.8. The summed E-state index contributed by atoms with van der Waals surface area (Å²) in [5, 5.41) is 5.20. The van der Waals surface area contributed by atoms with Crippen LogP contribution in [0.5, 0.6) is 0 Å². The Morgan fingerprint density at radius 3 is 3.00 bits per heavy atom. The van der Waals surface area contributed by atoms with Gasteiger partial charge in [-0.25, -0.2) is 0 Å². The van der Waals surface area contributed by atoms with E-state index >= 15 is 0 Å². The van der Waals surface area contributed by atoms with Crippen molar-refractivity contribution in [3.8, 4) is 0 Å². The van der Waals surface area contributed by atoms with Gasteiger partial charge in [-0.15, -0.1) is 0 Å². The third kappa shape index (κ3) is 1.93. The summed E-state index contributed by atoms with van der Waals surface area (Å²) in [6.07, 6.45) is 1.98. The van der Waals surface area contributed by atoms with Crippen LogP contribution >= 0.6 is 0 Å². The van der Waals surface area contributed by atoms with E-state index in [1.807, 2.05) is 25.2 Å². The Balaban J connectivity index is 1.93. The van der Waals surface area contributed by atoms with Crippen LogP contribution in [0.2, 0.25) is 0 Å². The van der Waals surface area contributed by atoms with E-state index in [4.69, 9.17) is 4.74 Å². The van der Waals surface area contributed by atoms with Crippen molar-refractivity contribution >= 4 is 28.5 Å². The van der Waals surface area contributed by atoms with E-state index in [1.165, 1.54) is 7.11 Å².